The molecule has 0 spiro atoms. The number of hydrogen-bond donors (Lipinski definition) is 1. The highest BCUT2D eigenvalue weighted by molar-refractivity contribution is 5.86. The van der Waals surface area contributed by atoms with Gasteiger partial charge in [-0.2, -0.15) is 5.26 Å². The number of hydrogen-bond acceptors (Lipinski definition) is 5. The van der Waals surface area contributed by atoms with Gasteiger partial charge < -0.3 is 15.0 Å². The molecule has 0 bridgehead atoms. The molecule has 1 aliphatic heterocycles. The lowest BCUT2D eigenvalue weighted by molar-refractivity contribution is -0.158. The molecule has 134 valence electrons. The minimum Gasteiger partial charge on any atom is -0.451 e. The fourth-order valence-corrected chi connectivity index (χ4v) is 2.31. The van der Waals surface area contributed by atoms with Crippen molar-refractivity contribution in [1.29, 1.82) is 5.26 Å². The fourth-order valence-electron chi connectivity index (χ4n) is 2.31. The van der Waals surface area contributed by atoms with Crippen LogP contribution in [0, 0.1) is 17.2 Å². The van der Waals surface area contributed by atoms with Crippen LogP contribution in [0.2, 0.25) is 0 Å². The standard InChI is InChI=1S/C17H27N3O4/c1-12(2)17(4,11-18)19-16(23)13(3)24-15(22)10-20-9-7-5-6-8-14(20)21/h12-13H,5-10H2,1-4H3,(H,19,23). The summed E-state index contributed by atoms with van der Waals surface area (Å²) < 4.78 is 5.12. The Labute approximate surface area is 143 Å². The number of nitrogens with one attached hydrogen (secondary N) is 1. The number of ether oxygens (including phenoxy) is 1. The predicted molar refractivity (Wildman–Crippen MR) is 87.6 cm³/mol. The number of carbonyl (C=O) groups excluding carboxylic acids is 3. The topological polar surface area (TPSA) is 99.5 Å². The molecule has 1 rings (SSSR count). The van der Waals surface area contributed by atoms with Crippen LogP contribution in [-0.2, 0) is 19.1 Å². The molecule has 0 aromatic rings. The molecule has 7 nitrogen and oxygen atoms in total. The van der Waals surface area contributed by atoms with Crippen molar-refractivity contribution in [3.05, 3.63) is 0 Å². The third-order valence-corrected chi connectivity index (χ3v) is 4.44. The molecular formula is C17H27N3O4. The number of likely N-dealkylation sites (tertiary alicyclic amines) is 1. The number of carbonyl (C=O) groups is 3. The van der Waals surface area contributed by atoms with Gasteiger partial charge in [-0.05, 0) is 32.6 Å². The van der Waals surface area contributed by atoms with Crippen molar-refractivity contribution in [2.45, 2.75) is 65.0 Å². The fraction of sp³-hybridized carbons (Fsp3) is 0.765. The smallest absolute Gasteiger partial charge is 0.326 e. The number of esters is 1. The molecule has 1 fully saturated rings. The van der Waals surface area contributed by atoms with Crippen molar-refractivity contribution in [3.63, 3.8) is 0 Å². The summed E-state index contributed by atoms with van der Waals surface area (Å²) in [7, 11) is 0. The van der Waals surface area contributed by atoms with Gasteiger partial charge in [0, 0.05) is 13.0 Å². The first-order chi connectivity index (χ1) is 11.2. The quantitative estimate of drug-likeness (QED) is 0.738. The van der Waals surface area contributed by atoms with Crippen molar-refractivity contribution in [1.82, 2.24) is 10.2 Å². The lowest BCUT2D eigenvalue weighted by atomic mass is 9.90. The molecule has 1 saturated heterocycles. The molecule has 7 heteroatoms. The van der Waals surface area contributed by atoms with Gasteiger partial charge >= 0.3 is 5.97 Å². The van der Waals surface area contributed by atoms with Crippen molar-refractivity contribution in [3.8, 4) is 6.07 Å². The molecule has 0 radical (unpaired) electrons. The Hall–Kier alpha value is -2.10. The SMILES string of the molecule is CC(OC(=O)CN1CCCCCC1=O)C(=O)NC(C)(C#N)C(C)C. The van der Waals surface area contributed by atoms with Crippen molar-refractivity contribution in [2.75, 3.05) is 13.1 Å². The Kier molecular flexibility index (Phi) is 7.20. The summed E-state index contributed by atoms with van der Waals surface area (Å²) in [6.07, 6.45) is 2.09. The second kappa shape index (κ2) is 8.67. The molecule has 2 atom stereocenters. The molecule has 2 amide bonds. The van der Waals surface area contributed by atoms with E-state index in [0.717, 1.165) is 19.3 Å². The first kappa shape index (κ1) is 19.9. The van der Waals surface area contributed by atoms with E-state index in [2.05, 4.69) is 11.4 Å². The highest BCUT2D eigenvalue weighted by Gasteiger charge is 2.32. The lowest BCUT2D eigenvalue weighted by Gasteiger charge is -2.28. The molecule has 1 heterocycles. The van der Waals surface area contributed by atoms with Gasteiger partial charge in [0.25, 0.3) is 5.91 Å². The Morgan fingerprint density at radius 2 is 2.00 bits per heavy atom. The van der Waals surface area contributed by atoms with Crippen LogP contribution in [0.1, 0.15) is 53.4 Å². The van der Waals surface area contributed by atoms with Crippen LogP contribution in [-0.4, -0.2) is 47.4 Å². The van der Waals surface area contributed by atoms with Crippen LogP contribution in [0.5, 0.6) is 0 Å². The summed E-state index contributed by atoms with van der Waals surface area (Å²) in [5.41, 5.74) is -1.03. The second-order valence-electron chi connectivity index (χ2n) is 6.72. The normalized spacial score (nSPS) is 19.0. The van der Waals surface area contributed by atoms with E-state index in [1.807, 2.05) is 13.8 Å². The molecule has 2 unspecified atom stereocenters. The molecule has 1 aliphatic rings. The largest absolute Gasteiger partial charge is 0.451 e. The summed E-state index contributed by atoms with van der Waals surface area (Å²) in [5, 5.41) is 11.8. The van der Waals surface area contributed by atoms with E-state index in [4.69, 9.17) is 4.74 Å². The van der Waals surface area contributed by atoms with E-state index >= 15 is 0 Å². The number of nitrogens with zero attached hydrogens (tertiary/aromatic N) is 2. The Morgan fingerprint density at radius 1 is 1.33 bits per heavy atom. The summed E-state index contributed by atoms with van der Waals surface area (Å²) in [6.45, 7) is 7.12. The van der Waals surface area contributed by atoms with Gasteiger partial charge in [0.05, 0.1) is 6.07 Å². The van der Waals surface area contributed by atoms with Gasteiger partial charge in [-0.25, -0.2) is 0 Å². The van der Waals surface area contributed by atoms with Gasteiger partial charge in [-0.3, -0.25) is 14.4 Å². The summed E-state index contributed by atoms with van der Waals surface area (Å²) in [4.78, 5) is 37.5. The van der Waals surface area contributed by atoms with Gasteiger partial charge in [-0.15, -0.1) is 0 Å². The first-order valence-electron chi connectivity index (χ1n) is 8.40. The van der Waals surface area contributed by atoms with Crippen LogP contribution >= 0.6 is 0 Å². The average molecular weight is 337 g/mol. The Bertz CT molecular complexity index is 526. The molecule has 24 heavy (non-hydrogen) atoms. The molecule has 0 saturated carbocycles. The van der Waals surface area contributed by atoms with Crippen LogP contribution in [0.4, 0.5) is 0 Å². The third kappa shape index (κ3) is 5.52. The monoisotopic (exact) mass is 337 g/mol. The summed E-state index contributed by atoms with van der Waals surface area (Å²) >= 11 is 0. The van der Waals surface area contributed by atoms with E-state index in [9.17, 15) is 19.6 Å². The minimum absolute atomic E-state index is 0.0570. The molecular weight excluding hydrogens is 310 g/mol. The predicted octanol–water partition coefficient (Wildman–Crippen LogP) is 1.38. The van der Waals surface area contributed by atoms with Crippen molar-refractivity contribution < 1.29 is 19.1 Å². The Balaban J connectivity index is 2.55. The maximum Gasteiger partial charge on any atom is 0.326 e. The highest BCUT2D eigenvalue weighted by Crippen LogP contribution is 2.16. The molecule has 0 aromatic carbocycles. The maximum atomic E-state index is 12.1. The zero-order valence-corrected chi connectivity index (χ0v) is 14.9. The van der Waals surface area contributed by atoms with E-state index in [0.29, 0.717) is 13.0 Å². The van der Waals surface area contributed by atoms with Gasteiger partial charge in [0.2, 0.25) is 5.91 Å². The molecule has 0 aromatic heterocycles. The summed E-state index contributed by atoms with van der Waals surface area (Å²) in [6, 6.07) is 2.07. The number of nitriles is 1. The second-order valence-corrected chi connectivity index (χ2v) is 6.72. The molecule has 0 aliphatic carbocycles. The van der Waals surface area contributed by atoms with E-state index in [1.54, 1.807) is 6.92 Å². The number of rotatable bonds is 6. The number of amides is 2. The highest BCUT2D eigenvalue weighted by atomic mass is 16.5. The van der Waals surface area contributed by atoms with Crippen molar-refractivity contribution >= 4 is 17.8 Å². The van der Waals surface area contributed by atoms with E-state index in [-0.39, 0.29) is 18.4 Å². The van der Waals surface area contributed by atoms with E-state index < -0.39 is 23.5 Å². The maximum absolute atomic E-state index is 12.1. The van der Waals surface area contributed by atoms with Crippen LogP contribution in [0.3, 0.4) is 0 Å². The van der Waals surface area contributed by atoms with E-state index in [1.165, 1.54) is 11.8 Å². The minimum atomic E-state index is -1.03. The van der Waals surface area contributed by atoms with Gasteiger partial charge in [0.15, 0.2) is 6.10 Å². The van der Waals surface area contributed by atoms with Gasteiger partial charge in [-0.1, -0.05) is 20.3 Å². The van der Waals surface area contributed by atoms with Crippen LogP contribution in [0.25, 0.3) is 0 Å². The zero-order valence-electron chi connectivity index (χ0n) is 14.9. The first-order valence-corrected chi connectivity index (χ1v) is 8.40. The lowest BCUT2D eigenvalue weighted by Crippen LogP contribution is -2.52. The van der Waals surface area contributed by atoms with Crippen LogP contribution < -0.4 is 5.32 Å². The molecule has 1 N–H and O–H groups in total. The van der Waals surface area contributed by atoms with Crippen molar-refractivity contribution in [2.24, 2.45) is 5.92 Å². The Morgan fingerprint density at radius 3 is 2.58 bits per heavy atom. The summed E-state index contributed by atoms with van der Waals surface area (Å²) in [5.74, 6) is -1.29. The average Bonchev–Trinajstić information content (AvgIpc) is 2.71. The zero-order chi connectivity index (χ0) is 18.3. The third-order valence-electron chi connectivity index (χ3n) is 4.44. The van der Waals surface area contributed by atoms with Crippen LogP contribution in [0.15, 0.2) is 0 Å². The van der Waals surface area contributed by atoms with Gasteiger partial charge in [0.1, 0.15) is 12.1 Å².